The minimum Gasteiger partial charge on any atom is -0.355 e. The van der Waals surface area contributed by atoms with Crippen LogP contribution in [0.3, 0.4) is 0 Å². The van der Waals surface area contributed by atoms with E-state index in [0.717, 1.165) is 30.3 Å². The molecule has 19 heavy (non-hydrogen) atoms. The van der Waals surface area contributed by atoms with E-state index in [1.807, 2.05) is 19.2 Å². The van der Waals surface area contributed by atoms with E-state index in [-0.39, 0.29) is 11.3 Å². The van der Waals surface area contributed by atoms with Crippen molar-refractivity contribution in [1.29, 1.82) is 0 Å². The summed E-state index contributed by atoms with van der Waals surface area (Å²) in [5, 5.41) is 6.22. The predicted octanol–water partition coefficient (Wildman–Crippen LogP) is 2.50. The Morgan fingerprint density at radius 1 is 1.42 bits per heavy atom. The number of hydrogen-bond acceptors (Lipinski definition) is 2. The van der Waals surface area contributed by atoms with Crippen LogP contribution in [0.15, 0.2) is 28.7 Å². The fraction of sp³-hybridized carbons (Fsp3) is 0.533. The SMILES string of the molecule is CNCC1(C(=O)NCCc2cccc(Br)c2)CCC1. The van der Waals surface area contributed by atoms with Crippen molar-refractivity contribution >= 4 is 21.8 Å². The average Bonchev–Trinajstić information content (AvgIpc) is 2.33. The molecule has 0 bridgehead atoms. The summed E-state index contributed by atoms with van der Waals surface area (Å²) in [6.07, 6.45) is 4.06. The number of carbonyl (C=O) groups excluding carboxylic acids is 1. The zero-order valence-electron chi connectivity index (χ0n) is 11.3. The number of benzene rings is 1. The lowest BCUT2D eigenvalue weighted by atomic mass is 9.68. The minimum atomic E-state index is -0.147. The van der Waals surface area contributed by atoms with Gasteiger partial charge in [0.15, 0.2) is 0 Å². The minimum absolute atomic E-state index is 0.147. The Morgan fingerprint density at radius 3 is 2.79 bits per heavy atom. The number of hydrogen-bond donors (Lipinski definition) is 2. The second kappa shape index (κ2) is 6.53. The van der Waals surface area contributed by atoms with Crippen LogP contribution in [0.25, 0.3) is 0 Å². The van der Waals surface area contributed by atoms with Gasteiger partial charge in [0, 0.05) is 17.6 Å². The van der Waals surface area contributed by atoms with Crippen molar-refractivity contribution in [2.45, 2.75) is 25.7 Å². The van der Waals surface area contributed by atoms with E-state index in [1.165, 1.54) is 12.0 Å². The van der Waals surface area contributed by atoms with E-state index in [0.29, 0.717) is 6.54 Å². The lowest BCUT2D eigenvalue weighted by Crippen LogP contribution is -2.51. The standard InChI is InChI=1S/C15H21BrN2O/c1-17-11-15(7-3-8-15)14(19)18-9-6-12-4-2-5-13(16)10-12/h2,4-5,10,17H,3,6-9,11H2,1H3,(H,18,19). The first-order chi connectivity index (χ1) is 9.16. The largest absolute Gasteiger partial charge is 0.355 e. The molecule has 1 aromatic rings. The molecular formula is C15H21BrN2O. The van der Waals surface area contributed by atoms with Gasteiger partial charge < -0.3 is 10.6 Å². The van der Waals surface area contributed by atoms with Crippen LogP contribution in [-0.2, 0) is 11.2 Å². The van der Waals surface area contributed by atoms with Crippen LogP contribution < -0.4 is 10.6 Å². The zero-order valence-corrected chi connectivity index (χ0v) is 12.9. The summed E-state index contributed by atoms with van der Waals surface area (Å²) in [5.74, 6) is 0.211. The monoisotopic (exact) mass is 324 g/mol. The summed E-state index contributed by atoms with van der Waals surface area (Å²) >= 11 is 3.46. The van der Waals surface area contributed by atoms with Gasteiger partial charge in [-0.2, -0.15) is 0 Å². The van der Waals surface area contributed by atoms with Crippen molar-refractivity contribution in [1.82, 2.24) is 10.6 Å². The maximum Gasteiger partial charge on any atom is 0.227 e. The number of amides is 1. The normalized spacial score (nSPS) is 16.7. The number of nitrogens with one attached hydrogen (secondary N) is 2. The third-order valence-corrected chi connectivity index (χ3v) is 4.39. The van der Waals surface area contributed by atoms with Crippen LogP contribution in [0, 0.1) is 5.41 Å². The smallest absolute Gasteiger partial charge is 0.227 e. The summed E-state index contributed by atoms with van der Waals surface area (Å²) in [6, 6.07) is 8.22. The van der Waals surface area contributed by atoms with Crippen molar-refractivity contribution in [2.24, 2.45) is 5.41 Å². The topological polar surface area (TPSA) is 41.1 Å². The molecule has 4 heteroatoms. The Bertz CT molecular complexity index is 444. The third kappa shape index (κ3) is 3.57. The molecule has 1 saturated carbocycles. The Balaban J connectivity index is 1.80. The van der Waals surface area contributed by atoms with Crippen molar-refractivity contribution < 1.29 is 4.79 Å². The summed E-state index contributed by atoms with van der Waals surface area (Å²) < 4.78 is 1.09. The molecule has 0 radical (unpaired) electrons. The van der Waals surface area contributed by atoms with E-state index < -0.39 is 0 Å². The van der Waals surface area contributed by atoms with Gasteiger partial charge in [0.2, 0.25) is 5.91 Å². The van der Waals surface area contributed by atoms with Gasteiger partial charge >= 0.3 is 0 Å². The van der Waals surface area contributed by atoms with Crippen LogP contribution in [0.4, 0.5) is 0 Å². The highest BCUT2D eigenvalue weighted by Gasteiger charge is 2.43. The molecule has 0 saturated heterocycles. The second-order valence-electron chi connectivity index (χ2n) is 5.30. The molecule has 1 fully saturated rings. The molecule has 1 aliphatic carbocycles. The van der Waals surface area contributed by atoms with Crippen molar-refractivity contribution in [3.63, 3.8) is 0 Å². The van der Waals surface area contributed by atoms with Crippen LogP contribution in [0.2, 0.25) is 0 Å². The van der Waals surface area contributed by atoms with E-state index in [1.54, 1.807) is 0 Å². The predicted molar refractivity (Wildman–Crippen MR) is 81.1 cm³/mol. The zero-order chi connectivity index (χ0) is 13.7. The Morgan fingerprint density at radius 2 is 2.21 bits per heavy atom. The molecule has 2 rings (SSSR count). The van der Waals surface area contributed by atoms with Gasteiger partial charge in [-0.25, -0.2) is 0 Å². The van der Waals surface area contributed by atoms with Gasteiger partial charge in [-0.1, -0.05) is 34.5 Å². The summed E-state index contributed by atoms with van der Waals surface area (Å²) in [4.78, 5) is 12.2. The van der Waals surface area contributed by atoms with Crippen LogP contribution in [0.5, 0.6) is 0 Å². The first-order valence-corrected chi connectivity index (χ1v) is 7.63. The van der Waals surface area contributed by atoms with E-state index in [2.05, 4.69) is 38.7 Å². The number of carbonyl (C=O) groups is 1. The average molecular weight is 325 g/mol. The maximum atomic E-state index is 12.2. The molecule has 0 aromatic heterocycles. The first-order valence-electron chi connectivity index (χ1n) is 6.84. The van der Waals surface area contributed by atoms with E-state index >= 15 is 0 Å². The van der Waals surface area contributed by atoms with Gasteiger partial charge in [0.25, 0.3) is 0 Å². The first kappa shape index (κ1) is 14.5. The van der Waals surface area contributed by atoms with E-state index in [4.69, 9.17) is 0 Å². The lowest BCUT2D eigenvalue weighted by Gasteiger charge is -2.40. The fourth-order valence-electron chi connectivity index (χ4n) is 2.63. The molecule has 0 unspecified atom stereocenters. The third-order valence-electron chi connectivity index (χ3n) is 3.90. The molecule has 0 spiro atoms. The molecule has 0 atom stereocenters. The van der Waals surface area contributed by atoms with Crippen LogP contribution in [-0.4, -0.2) is 26.0 Å². The lowest BCUT2D eigenvalue weighted by molar-refractivity contribution is -0.135. The molecule has 2 N–H and O–H groups in total. The van der Waals surface area contributed by atoms with Crippen LogP contribution >= 0.6 is 15.9 Å². The molecule has 1 aliphatic rings. The number of rotatable bonds is 6. The van der Waals surface area contributed by atoms with Gasteiger partial charge in [-0.3, -0.25) is 4.79 Å². The highest BCUT2D eigenvalue weighted by molar-refractivity contribution is 9.10. The molecule has 1 amide bonds. The molecule has 104 valence electrons. The van der Waals surface area contributed by atoms with Crippen LogP contribution in [0.1, 0.15) is 24.8 Å². The summed E-state index contributed by atoms with van der Waals surface area (Å²) in [7, 11) is 1.91. The molecular weight excluding hydrogens is 304 g/mol. The second-order valence-corrected chi connectivity index (χ2v) is 6.22. The molecule has 0 aliphatic heterocycles. The Labute approximate surface area is 123 Å². The highest BCUT2D eigenvalue weighted by Crippen LogP contribution is 2.40. The van der Waals surface area contributed by atoms with Gasteiger partial charge in [-0.05, 0) is 44.0 Å². The molecule has 0 heterocycles. The molecule has 1 aromatic carbocycles. The van der Waals surface area contributed by atoms with Gasteiger partial charge in [0.1, 0.15) is 0 Å². The molecule has 3 nitrogen and oxygen atoms in total. The van der Waals surface area contributed by atoms with E-state index in [9.17, 15) is 4.79 Å². The van der Waals surface area contributed by atoms with Crippen molar-refractivity contribution in [3.05, 3.63) is 34.3 Å². The summed E-state index contributed by atoms with van der Waals surface area (Å²) in [5.41, 5.74) is 1.09. The maximum absolute atomic E-state index is 12.2. The van der Waals surface area contributed by atoms with Gasteiger partial charge in [0.05, 0.1) is 5.41 Å². The Kier molecular flexibility index (Phi) is 4.99. The quantitative estimate of drug-likeness (QED) is 0.844. The number of halogens is 1. The fourth-order valence-corrected chi connectivity index (χ4v) is 3.07. The van der Waals surface area contributed by atoms with Gasteiger partial charge in [-0.15, -0.1) is 0 Å². The van der Waals surface area contributed by atoms with Crippen molar-refractivity contribution in [3.8, 4) is 0 Å². The Hall–Kier alpha value is -0.870. The van der Waals surface area contributed by atoms with Crippen molar-refractivity contribution in [2.75, 3.05) is 20.1 Å². The summed E-state index contributed by atoms with van der Waals surface area (Å²) in [6.45, 7) is 1.50. The highest BCUT2D eigenvalue weighted by atomic mass is 79.9.